The first-order valence-electron chi connectivity index (χ1n) is 7.05. The highest BCUT2D eigenvalue weighted by atomic mass is 16.8. The van der Waals surface area contributed by atoms with E-state index in [2.05, 4.69) is 0 Å². The maximum absolute atomic E-state index is 10.00. The van der Waals surface area contributed by atoms with Crippen LogP contribution in [0.2, 0.25) is 0 Å². The second-order valence-corrected chi connectivity index (χ2v) is 5.56. The van der Waals surface area contributed by atoms with Crippen LogP contribution in [0.5, 0.6) is 0 Å². The zero-order chi connectivity index (χ0) is 17.4. The Labute approximate surface area is 130 Å². The summed E-state index contributed by atoms with van der Waals surface area (Å²) in [5.74, 6) is -2.22. The lowest BCUT2D eigenvalue weighted by Crippen LogP contribution is -2.62. The van der Waals surface area contributed by atoms with E-state index in [1.165, 1.54) is 0 Å². The Morgan fingerprint density at radius 3 is 1.87 bits per heavy atom. The first kappa shape index (κ1) is 18.9. The summed E-state index contributed by atoms with van der Waals surface area (Å²) in [5, 5.41) is 76.7. The molecule has 136 valence electrons. The Morgan fingerprint density at radius 1 is 0.783 bits per heavy atom. The van der Waals surface area contributed by atoms with Gasteiger partial charge in [0.1, 0.15) is 49.3 Å². The highest BCUT2D eigenvalue weighted by Crippen LogP contribution is 2.35. The molecule has 0 radical (unpaired) electrons. The van der Waals surface area contributed by atoms with Gasteiger partial charge < -0.3 is 55.1 Å². The average molecular weight is 342 g/mol. The maximum Gasteiger partial charge on any atom is 0.224 e. The molecule has 2 aliphatic heterocycles. The molecular formula is C12H22O11. The molecule has 8 N–H and O–H groups in total. The smallest absolute Gasteiger partial charge is 0.224 e. The molecule has 11 heteroatoms. The highest BCUT2D eigenvalue weighted by molar-refractivity contribution is 4.98. The highest BCUT2D eigenvalue weighted by Gasteiger charge is 2.58. The summed E-state index contributed by atoms with van der Waals surface area (Å²) in [6.45, 7) is -2.32. The van der Waals surface area contributed by atoms with Gasteiger partial charge >= 0.3 is 0 Å². The Kier molecular flexibility index (Phi) is 5.92. The number of ether oxygens (including phenoxy) is 3. The lowest BCUT2D eigenvalue weighted by atomic mass is 9.99. The molecule has 0 amide bonds. The van der Waals surface area contributed by atoms with Crippen molar-refractivity contribution >= 4 is 0 Å². The van der Waals surface area contributed by atoms with Crippen molar-refractivity contribution in [3.63, 3.8) is 0 Å². The number of hydrogen-bond acceptors (Lipinski definition) is 11. The van der Waals surface area contributed by atoms with Crippen LogP contribution in [0.3, 0.4) is 0 Å². The summed E-state index contributed by atoms with van der Waals surface area (Å²) in [6.07, 6.45) is -12.7. The van der Waals surface area contributed by atoms with E-state index in [0.29, 0.717) is 0 Å². The minimum atomic E-state index is -2.22. The summed E-state index contributed by atoms with van der Waals surface area (Å²) in [5.41, 5.74) is 0. The van der Waals surface area contributed by atoms with Gasteiger partial charge in [-0.1, -0.05) is 0 Å². The summed E-state index contributed by atoms with van der Waals surface area (Å²) in [7, 11) is 0. The zero-order valence-electron chi connectivity index (χ0n) is 12.0. The fourth-order valence-corrected chi connectivity index (χ4v) is 2.63. The van der Waals surface area contributed by atoms with Crippen LogP contribution in [-0.2, 0) is 14.2 Å². The van der Waals surface area contributed by atoms with Crippen LogP contribution < -0.4 is 0 Å². The van der Waals surface area contributed by atoms with Gasteiger partial charge in [-0.25, -0.2) is 0 Å². The predicted molar refractivity (Wildman–Crippen MR) is 68.6 cm³/mol. The van der Waals surface area contributed by atoms with E-state index in [4.69, 9.17) is 24.4 Å². The minimum Gasteiger partial charge on any atom is -0.394 e. The molecule has 0 aromatic heterocycles. The monoisotopic (exact) mass is 342 g/mol. The first-order valence-corrected chi connectivity index (χ1v) is 7.05. The summed E-state index contributed by atoms with van der Waals surface area (Å²) in [4.78, 5) is 0. The molecule has 0 spiro atoms. The largest absolute Gasteiger partial charge is 0.394 e. The van der Waals surface area contributed by atoms with E-state index in [9.17, 15) is 30.6 Å². The Bertz CT molecular complexity index is 393. The van der Waals surface area contributed by atoms with Crippen molar-refractivity contribution in [1.29, 1.82) is 0 Å². The van der Waals surface area contributed by atoms with Crippen molar-refractivity contribution in [1.82, 2.24) is 0 Å². The number of rotatable bonds is 5. The minimum absolute atomic E-state index is 0.669. The third-order valence-electron chi connectivity index (χ3n) is 4.07. The van der Waals surface area contributed by atoms with Gasteiger partial charge in [0.05, 0.1) is 13.2 Å². The first-order chi connectivity index (χ1) is 10.8. The Hall–Kier alpha value is -0.440. The number of aliphatic hydroxyl groups excluding tert-OH is 8. The van der Waals surface area contributed by atoms with Crippen LogP contribution >= 0.6 is 0 Å². The molecular weight excluding hydrogens is 320 g/mol. The molecule has 0 aliphatic carbocycles. The fourth-order valence-electron chi connectivity index (χ4n) is 2.63. The third-order valence-corrected chi connectivity index (χ3v) is 4.07. The lowest BCUT2D eigenvalue weighted by molar-refractivity contribution is -0.383. The van der Waals surface area contributed by atoms with E-state index in [1.807, 2.05) is 0 Å². The molecule has 0 bridgehead atoms. The van der Waals surface area contributed by atoms with Crippen LogP contribution in [0.25, 0.3) is 0 Å². The zero-order valence-corrected chi connectivity index (χ0v) is 12.0. The molecule has 11 nitrogen and oxygen atoms in total. The van der Waals surface area contributed by atoms with E-state index in [-0.39, 0.29) is 0 Å². The third kappa shape index (κ3) is 3.23. The summed E-state index contributed by atoms with van der Waals surface area (Å²) >= 11 is 0. The molecule has 2 heterocycles. The van der Waals surface area contributed by atoms with Gasteiger partial charge in [0.2, 0.25) is 5.79 Å². The molecule has 2 saturated heterocycles. The van der Waals surface area contributed by atoms with Crippen molar-refractivity contribution in [2.75, 3.05) is 19.8 Å². The number of aliphatic hydroxyl groups is 8. The van der Waals surface area contributed by atoms with Gasteiger partial charge in [-0.15, -0.1) is 0 Å². The van der Waals surface area contributed by atoms with Crippen molar-refractivity contribution in [2.24, 2.45) is 0 Å². The van der Waals surface area contributed by atoms with Crippen LogP contribution in [0.1, 0.15) is 0 Å². The average Bonchev–Trinajstić information content (AvgIpc) is 2.80. The molecule has 3 unspecified atom stereocenters. The predicted octanol–water partition coefficient (Wildman–Crippen LogP) is -5.40. The van der Waals surface area contributed by atoms with Gasteiger partial charge in [0.25, 0.3) is 0 Å². The van der Waals surface area contributed by atoms with Crippen molar-refractivity contribution in [2.45, 2.75) is 54.8 Å². The van der Waals surface area contributed by atoms with Crippen LogP contribution in [0.4, 0.5) is 0 Å². The fraction of sp³-hybridized carbons (Fsp3) is 1.00. The lowest BCUT2D eigenvalue weighted by Gasteiger charge is -2.43. The van der Waals surface area contributed by atoms with Gasteiger partial charge in [0.15, 0.2) is 6.29 Å². The molecule has 2 rings (SSSR count). The Balaban J connectivity index is 2.18. The topological polar surface area (TPSA) is 190 Å². The molecule has 0 aromatic carbocycles. The normalized spacial score (nSPS) is 51.1. The summed E-state index contributed by atoms with van der Waals surface area (Å²) < 4.78 is 15.4. The van der Waals surface area contributed by atoms with E-state index >= 15 is 0 Å². The molecule has 9 atom stereocenters. The SMILES string of the molecule is OCC1O[C@H](O[C@@]2(CO)O[C@@H](CO)C(O)[C@@H]2O)C(O)[C@@H](O)[C@H]1O. The van der Waals surface area contributed by atoms with Gasteiger partial charge in [-0.2, -0.15) is 0 Å². The van der Waals surface area contributed by atoms with Crippen LogP contribution in [0.15, 0.2) is 0 Å². The Morgan fingerprint density at radius 2 is 1.39 bits per heavy atom. The molecule has 2 fully saturated rings. The quantitative estimate of drug-likeness (QED) is 0.238. The second kappa shape index (κ2) is 7.21. The van der Waals surface area contributed by atoms with Crippen molar-refractivity contribution in [3.05, 3.63) is 0 Å². The molecule has 23 heavy (non-hydrogen) atoms. The van der Waals surface area contributed by atoms with Crippen LogP contribution in [-0.4, -0.2) is 115 Å². The maximum atomic E-state index is 10.00. The van der Waals surface area contributed by atoms with E-state index < -0.39 is 74.6 Å². The van der Waals surface area contributed by atoms with E-state index in [1.54, 1.807) is 0 Å². The van der Waals surface area contributed by atoms with Crippen LogP contribution in [0, 0.1) is 0 Å². The van der Waals surface area contributed by atoms with Crippen molar-refractivity contribution < 1.29 is 55.1 Å². The summed E-state index contributed by atoms with van der Waals surface area (Å²) in [6, 6.07) is 0. The van der Waals surface area contributed by atoms with Gasteiger partial charge in [0, 0.05) is 0 Å². The van der Waals surface area contributed by atoms with Gasteiger partial charge in [-0.3, -0.25) is 0 Å². The molecule has 0 aromatic rings. The molecule has 2 aliphatic rings. The molecule has 0 saturated carbocycles. The number of hydrogen-bond donors (Lipinski definition) is 8. The van der Waals surface area contributed by atoms with Crippen molar-refractivity contribution in [3.8, 4) is 0 Å². The van der Waals surface area contributed by atoms with E-state index in [0.717, 1.165) is 0 Å². The standard InChI is InChI=1S/C12H22O11/c13-1-4-6(16)8(18)9(19)11(21-4)23-12(3-15)10(20)7(17)5(2-14)22-12/h4-11,13-20H,1-3H2/t4?,5-,6-,7?,8-,9?,10-,11+,12+/m0/s1. The van der Waals surface area contributed by atoms with Gasteiger partial charge in [-0.05, 0) is 0 Å². The second-order valence-electron chi connectivity index (χ2n) is 5.56.